The minimum atomic E-state index is -3.68. The van der Waals surface area contributed by atoms with Crippen LogP contribution in [0.2, 0.25) is 0 Å². The quantitative estimate of drug-likeness (QED) is 0.250. The molecular weight excluding hydrogens is 601 g/mol. The van der Waals surface area contributed by atoms with Crippen molar-refractivity contribution in [3.05, 3.63) is 95.8 Å². The predicted octanol–water partition coefficient (Wildman–Crippen LogP) is 3.93. The SMILES string of the molecule is CC(C)OCCCNC(=O)[C@@H](c1ccccc1)N(Cc1ccc(F)cc1)C(=O)COc1ccc(S(=O)(=O)N2CCOCC2)cc1. The number of amides is 2. The summed E-state index contributed by atoms with van der Waals surface area (Å²) in [5.74, 6) is -0.993. The molecule has 0 bridgehead atoms. The van der Waals surface area contributed by atoms with E-state index < -0.39 is 34.4 Å². The highest BCUT2D eigenvalue weighted by atomic mass is 32.2. The lowest BCUT2D eigenvalue weighted by Crippen LogP contribution is -2.45. The number of nitrogens with one attached hydrogen (secondary N) is 1. The van der Waals surface area contributed by atoms with Crippen molar-refractivity contribution >= 4 is 21.8 Å². The van der Waals surface area contributed by atoms with Crippen molar-refractivity contribution in [3.8, 4) is 5.75 Å². The zero-order valence-corrected chi connectivity index (χ0v) is 26.4. The second kappa shape index (κ2) is 16.5. The van der Waals surface area contributed by atoms with Gasteiger partial charge in [-0.1, -0.05) is 42.5 Å². The average Bonchev–Trinajstić information content (AvgIpc) is 3.05. The molecule has 1 atom stereocenters. The van der Waals surface area contributed by atoms with Crippen LogP contribution in [-0.4, -0.2) is 81.6 Å². The lowest BCUT2D eigenvalue weighted by molar-refractivity contribution is -0.143. The molecule has 0 aromatic heterocycles. The fourth-order valence-corrected chi connectivity index (χ4v) is 6.20. The Balaban J connectivity index is 1.52. The highest BCUT2D eigenvalue weighted by Gasteiger charge is 2.32. The van der Waals surface area contributed by atoms with Gasteiger partial charge in [0.15, 0.2) is 6.61 Å². The Morgan fingerprint density at radius 1 is 0.978 bits per heavy atom. The summed E-state index contributed by atoms with van der Waals surface area (Å²) >= 11 is 0. The molecule has 3 aromatic carbocycles. The summed E-state index contributed by atoms with van der Waals surface area (Å²) in [4.78, 5) is 29.0. The first-order valence-electron chi connectivity index (χ1n) is 14.9. The van der Waals surface area contributed by atoms with E-state index in [4.69, 9.17) is 14.2 Å². The first kappa shape index (κ1) is 34.0. The zero-order chi connectivity index (χ0) is 32.2. The molecule has 1 fully saturated rings. The van der Waals surface area contributed by atoms with E-state index in [1.165, 1.54) is 45.6 Å². The van der Waals surface area contributed by atoms with E-state index in [2.05, 4.69) is 5.32 Å². The fourth-order valence-electron chi connectivity index (χ4n) is 4.79. The van der Waals surface area contributed by atoms with Crippen molar-refractivity contribution < 1.29 is 36.6 Å². The van der Waals surface area contributed by atoms with Crippen molar-refractivity contribution in [3.63, 3.8) is 0 Å². The van der Waals surface area contributed by atoms with Crippen LogP contribution in [0.1, 0.15) is 37.4 Å². The van der Waals surface area contributed by atoms with E-state index in [1.54, 1.807) is 36.4 Å². The first-order chi connectivity index (χ1) is 21.6. The summed E-state index contributed by atoms with van der Waals surface area (Å²) < 4.78 is 57.6. The van der Waals surface area contributed by atoms with Crippen molar-refractivity contribution in [1.29, 1.82) is 0 Å². The molecule has 0 spiro atoms. The standard InChI is InChI=1S/C33H40FN3O7S/c1-25(2)43-20-6-17-35-33(39)32(27-7-4-3-5-8-27)37(23-26-9-11-28(34)12-10-26)31(38)24-44-29-13-15-30(16-14-29)45(40,41)36-18-21-42-22-19-36/h3-5,7-16,25,32H,6,17-24H2,1-2H3,(H,35,39)/t32-/m1/s1. The maximum Gasteiger partial charge on any atom is 0.261 e. The van der Waals surface area contributed by atoms with E-state index in [1.807, 2.05) is 19.9 Å². The largest absolute Gasteiger partial charge is 0.484 e. The summed E-state index contributed by atoms with van der Waals surface area (Å²) in [7, 11) is -3.68. The Kier molecular flexibility index (Phi) is 12.5. The van der Waals surface area contributed by atoms with Crippen LogP contribution < -0.4 is 10.1 Å². The van der Waals surface area contributed by atoms with Gasteiger partial charge in [-0.3, -0.25) is 9.59 Å². The Bertz CT molecular complexity index is 1480. The van der Waals surface area contributed by atoms with Gasteiger partial charge in [0.05, 0.1) is 24.2 Å². The van der Waals surface area contributed by atoms with Crippen molar-refractivity contribution in [2.24, 2.45) is 0 Å². The van der Waals surface area contributed by atoms with E-state index in [0.717, 1.165) is 0 Å². The molecule has 4 rings (SSSR count). The van der Waals surface area contributed by atoms with Crippen LogP contribution in [-0.2, 0) is 35.6 Å². The molecule has 2 amide bonds. The normalized spacial score (nSPS) is 14.6. The number of carbonyl (C=O) groups is 2. The summed E-state index contributed by atoms with van der Waals surface area (Å²) in [5, 5.41) is 2.92. The number of hydrogen-bond donors (Lipinski definition) is 1. The van der Waals surface area contributed by atoms with E-state index in [0.29, 0.717) is 43.9 Å². The Hall–Kier alpha value is -3.84. The lowest BCUT2D eigenvalue weighted by Gasteiger charge is -2.31. The van der Waals surface area contributed by atoms with Gasteiger partial charge >= 0.3 is 0 Å². The van der Waals surface area contributed by atoms with Gasteiger partial charge in [0.1, 0.15) is 17.6 Å². The number of carbonyl (C=O) groups excluding carboxylic acids is 2. The molecule has 0 saturated carbocycles. The summed E-state index contributed by atoms with van der Waals surface area (Å²) in [6.45, 7) is 5.53. The van der Waals surface area contributed by atoms with Crippen molar-refractivity contribution in [2.75, 3.05) is 46.1 Å². The fraction of sp³-hybridized carbons (Fsp3) is 0.394. The molecule has 10 nitrogen and oxygen atoms in total. The van der Waals surface area contributed by atoms with Crippen LogP contribution in [0.5, 0.6) is 5.75 Å². The van der Waals surface area contributed by atoms with Crippen molar-refractivity contribution in [1.82, 2.24) is 14.5 Å². The molecule has 0 radical (unpaired) electrons. The van der Waals surface area contributed by atoms with Crippen LogP contribution in [0.25, 0.3) is 0 Å². The molecule has 1 heterocycles. The van der Waals surface area contributed by atoms with Crippen LogP contribution in [0.4, 0.5) is 4.39 Å². The molecule has 0 unspecified atom stereocenters. The van der Waals surface area contributed by atoms with Gasteiger partial charge in [0.2, 0.25) is 15.9 Å². The van der Waals surface area contributed by atoms with Crippen LogP contribution >= 0.6 is 0 Å². The number of ether oxygens (including phenoxy) is 3. The minimum absolute atomic E-state index is 0.0165. The number of morpholine rings is 1. The number of sulfonamides is 1. The topological polar surface area (TPSA) is 114 Å². The molecule has 1 aliphatic heterocycles. The Labute approximate surface area is 264 Å². The zero-order valence-electron chi connectivity index (χ0n) is 25.6. The molecule has 242 valence electrons. The van der Waals surface area contributed by atoms with Gasteiger partial charge in [-0.05, 0) is 67.8 Å². The number of halogens is 1. The Morgan fingerprint density at radius 3 is 2.29 bits per heavy atom. The first-order valence-corrected chi connectivity index (χ1v) is 16.4. The summed E-state index contributed by atoms with van der Waals surface area (Å²) in [6.07, 6.45) is 0.671. The van der Waals surface area contributed by atoms with Crippen LogP contribution in [0.3, 0.4) is 0 Å². The number of rotatable bonds is 15. The minimum Gasteiger partial charge on any atom is -0.484 e. The van der Waals surface area contributed by atoms with Crippen molar-refractivity contribution in [2.45, 2.75) is 43.9 Å². The van der Waals surface area contributed by atoms with Crippen LogP contribution in [0, 0.1) is 5.82 Å². The van der Waals surface area contributed by atoms with E-state index >= 15 is 0 Å². The van der Waals surface area contributed by atoms with Gasteiger partial charge in [0, 0.05) is 32.8 Å². The maximum absolute atomic E-state index is 13.8. The van der Waals surface area contributed by atoms with Gasteiger partial charge < -0.3 is 24.4 Å². The molecule has 1 N–H and O–H groups in total. The summed E-state index contributed by atoms with van der Waals surface area (Å²) in [5.41, 5.74) is 1.23. The molecule has 0 aliphatic carbocycles. The number of hydrogen-bond acceptors (Lipinski definition) is 7. The molecule has 45 heavy (non-hydrogen) atoms. The highest BCUT2D eigenvalue weighted by molar-refractivity contribution is 7.89. The smallest absolute Gasteiger partial charge is 0.261 e. The van der Waals surface area contributed by atoms with Gasteiger partial charge in [0.25, 0.3) is 5.91 Å². The third-order valence-corrected chi connectivity index (χ3v) is 9.04. The van der Waals surface area contributed by atoms with E-state index in [-0.39, 0.29) is 42.3 Å². The second-order valence-corrected chi connectivity index (χ2v) is 12.7. The predicted molar refractivity (Wildman–Crippen MR) is 166 cm³/mol. The molecule has 12 heteroatoms. The lowest BCUT2D eigenvalue weighted by atomic mass is 10.0. The Morgan fingerprint density at radius 2 is 1.64 bits per heavy atom. The molecule has 1 aliphatic rings. The second-order valence-electron chi connectivity index (χ2n) is 10.8. The van der Waals surface area contributed by atoms with Gasteiger partial charge in [-0.15, -0.1) is 0 Å². The molecule has 1 saturated heterocycles. The third-order valence-electron chi connectivity index (χ3n) is 7.13. The summed E-state index contributed by atoms with van der Waals surface area (Å²) in [6, 6.07) is 19.5. The average molecular weight is 642 g/mol. The van der Waals surface area contributed by atoms with Gasteiger partial charge in [-0.25, -0.2) is 12.8 Å². The van der Waals surface area contributed by atoms with E-state index in [9.17, 15) is 22.4 Å². The van der Waals surface area contributed by atoms with Gasteiger partial charge in [-0.2, -0.15) is 4.31 Å². The highest BCUT2D eigenvalue weighted by Crippen LogP contribution is 2.25. The number of nitrogens with zero attached hydrogens (tertiary/aromatic N) is 2. The monoisotopic (exact) mass is 641 g/mol. The number of benzene rings is 3. The third kappa shape index (κ3) is 9.82. The molecule has 3 aromatic rings. The molecular formula is C33H40FN3O7S. The van der Waals surface area contributed by atoms with Crippen LogP contribution in [0.15, 0.2) is 83.8 Å². The maximum atomic E-state index is 13.8.